The lowest BCUT2D eigenvalue weighted by molar-refractivity contribution is -0.142. The Bertz CT molecular complexity index is 353. The zero-order valence-corrected chi connectivity index (χ0v) is 11.7. The molecule has 0 aliphatic heterocycles. The quantitative estimate of drug-likeness (QED) is 0.603. The number of carboxylic acid groups (broad SMARTS) is 1. The van der Waals surface area contributed by atoms with Crippen molar-refractivity contribution in [3.8, 4) is 0 Å². The fourth-order valence-corrected chi connectivity index (χ4v) is 2.28. The van der Waals surface area contributed by atoms with E-state index in [1.165, 1.54) is 20.0 Å². The van der Waals surface area contributed by atoms with Crippen LogP contribution in [0.25, 0.3) is 0 Å². The highest BCUT2D eigenvalue weighted by molar-refractivity contribution is 5.83. The molecule has 0 bridgehead atoms. The van der Waals surface area contributed by atoms with Crippen molar-refractivity contribution < 1.29 is 24.2 Å². The molecule has 2 amide bonds. The molecule has 1 atom stereocenters. The molecule has 0 aromatic carbocycles. The van der Waals surface area contributed by atoms with E-state index in [-0.39, 0.29) is 12.8 Å². The van der Waals surface area contributed by atoms with E-state index in [1.54, 1.807) is 0 Å². The average molecular weight is 286 g/mol. The third-order valence-electron chi connectivity index (χ3n) is 3.49. The van der Waals surface area contributed by atoms with E-state index in [1.807, 2.05) is 0 Å². The van der Waals surface area contributed by atoms with Crippen LogP contribution in [0.5, 0.6) is 0 Å². The lowest BCUT2D eigenvalue weighted by Gasteiger charge is -2.16. The van der Waals surface area contributed by atoms with Crippen molar-refractivity contribution >= 4 is 18.0 Å². The lowest BCUT2D eigenvalue weighted by Crippen LogP contribution is -2.47. The Morgan fingerprint density at radius 2 is 1.95 bits per heavy atom. The van der Waals surface area contributed by atoms with Crippen molar-refractivity contribution in [2.75, 3.05) is 13.7 Å². The van der Waals surface area contributed by atoms with Crippen molar-refractivity contribution in [2.45, 2.75) is 44.6 Å². The van der Waals surface area contributed by atoms with Gasteiger partial charge in [-0.3, -0.25) is 4.79 Å². The van der Waals surface area contributed by atoms with Crippen LogP contribution in [0.1, 0.15) is 38.5 Å². The summed E-state index contributed by atoms with van der Waals surface area (Å²) in [4.78, 5) is 33.6. The lowest BCUT2D eigenvalue weighted by atomic mass is 10.1. The zero-order chi connectivity index (χ0) is 15.0. The normalized spacial score (nSPS) is 16.4. The maximum atomic E-state index is 11.6. The van der Waals surface area contributed by atoms with Gasteiger partial charge in [0.05, 0.1) is 7.11 Å². The van der Waals surface area contributed by atoms with Crippen LogP contribution >= 0.6 is 0 Å². The number of carbonyl (C=O) groups excluding carboxylic acids is 2. The second-order valence-corrected chi connectivity index (χ2v) is 5.01. The number of amides is 2. The van der Waals surface area contributed by atoms with Crippen LogP contribution in [0.15, 0.2) is 0 Å². The molecule has 0 unspecified atom stereocenters. The summed E-state index contributed by atoms with van der Waals surface area (Å²) >= 11 is 0. The number of ether oxygens (including phenoxy) is 1. The molecule has 0 radical (unpaired) electrons. The van der Waals surface area contributed by atoms with Crippen molar-refractivity contribution in [3.05, 3.63) is 0 Å². The van der Waals surface area contributed by atoms with Crippen molar-refractivity contribution in [3.63, 3.8) is 0 Å². The first-order valence-corrected chi connectivity index (χ1v) is 6.87. The third kappa shape index (κ3) is 5.90. The van der Waals surface area contributed by atoms with E-state index in [9.17, 15) is 14.4 Å². The molecule has 1 aliphatic rings. The monoisotopic (exact) mass is 286 g/mol. The third-order valence-corrected chi connectivity index (χ3v) is 3.49. The maximum absolute atomic E-state index is 11.6. The molecule has 7 heteroatoms. The highest BCUT2D eigenvalue weighted by atomic mass is 16.5. The molecule has 1 rings (SSSR count). The average Bonchev–Trinajstić information content (AvgIpc) is 2.93. The van der Waals surface area contributed by atoms with Gasteiger partial charge in [0.2, 0.25) is 0 Å². The number of nitrogens with one attached hydrogen (secondary N) is 2. The fraction of sp³-hybridized carbons (Fsp3) is 0.769. The highest BCUT2D eigenvalue weighted by Crippen LogP contribution is 2.23. The van der Waals surface area contributed by atoms with Crippen molar-refractivity contribution in [2.24, 2.45) is 5.92 Å². The number of carboxylic acids is 1. The van der Waals surface area contributed by atoms with Crippen LogP contribution in [0.3, 0.4) is 0 Å². The first-order chi connectivity index (χ1) is 9.52. The zero-order valence-electron chi connectivity index (χ0n) is 11.7. The minimum atomic E-state index is -1.16. The SMILES string of the molecule is COC(=O)CC[C@H](NC(=O)NCC1CCCC1)C(=O)O. The van der Waals surface area contributed by atoms with E-state index in [4.69, 9.17) is 5.11 Å². The molecule has 1 fully saturated rings. The van der Waals surface area contributed by atoms with Gasteiger partial charge in [-0.2, -0.15) is 0 Å². The molecular formula is C13H22N2O5. The Balaban J connectivity index is 2.30. The molecule has 0 heterocycles. The van der Waals surface area contributed by atoms with Crippen LogP contribution in [0, 0.1) is 5.92 Å². The molecular weight excluding hydrogens is 264 g/mol. The molecule has 0 spiro atoms. The smallest absolute Gasteiger partial charge is 0.326 e. The molecule has 0 saturated heterocycles. The molecule has 0 aromatic heterocycles. The summed E-state index contributed by atoms with van der Waals surface area (Å²) in [5.41, 5.74) is 0. The Labute approximate surface area is 118 Å². The van der Waals surface area contributed by atoms with Gasteiger partial charge in [0, 0.05) is 13.0 Å². The number of aliphatic carboxylic acids is 1. The van der Waals surface area contributed by atoms with Gasteiger partial charge in [0.25, 0.3) is 0 Å². The predicted molar refractivity (Wildman–Crippen MR) is 71.2 cm³/mol. The van der Waals surface area contributed by atoms with E-state index >= 15 is 0 Å². The Morgan fingerprint density at radius 1 is 1.30 bits per heavy atom. The maximum Gasteiger partial charge on any atom is 0.326 e. The first-order valence-electron chi connectivity index (χ1n) is 6.87. The number of methoxy groups -OCH3 is 1. The minimum absolute atomic E-state index is 0.0128. The van der Waals surface area contributed by atoms with Crippen LogP contribution in [-0.4, -0.2) is 42.8 Å². The molecule has 0 aromatic rings. The predicted octanol–water partition coefficient (Wildman–Crippen LogP) is 0.882. The summed E-state index contributed by atoms with van der Waals surface area (Å²) in [7, 11) is 1.24. The van der Waals surface area contributed by atoms with E-state index < -0.39 is 24.0 Å². The molecule has 3 N–H and O–H groups in total. The number of rotatable bonds is 7. The summed E-state index contributed by atoms with van der Waals surface area (Å²) in [5.74, 6) is -1.17. The van der Waals surface area contributed by atoms with Gasteiger partial charge in [0.1, 0.15) is 6.04 Å². The molecule has 7 nitrogen and oxygen atoms in total. The van der Waals surface area contributed by atoms with Gasteiger partial charge in [0.15, 0.2) is 0 Å². The molecule has 20 heavy (non-hydrogen) atoms. The summed E-state index contributed by atoms with van der Waals surface area (Å²) in [6.45, 7) is 0.565. The van der Waals surface area contributed by atoms with E-state index in [0.717, 1.165) is 12.8 Å². The van der Waals surface area contributed by atoms with Gasteiger partial charge < -0.3 is 20.5 Å². The summed E-state index contributed by atoms with van der Waals surface area (Å²) in [5, 5.41) is 14.0. The fourth-order valence-electron chi connectivity index (χ4n) is 2.28. The Hall–Kier alpha value is -1.79. The Kier molecular flexibility index (Phi) is 6.83. The summed E-state index contributed by atoms with van der Waals surface area (Å²) < 4.78 is 4.44. The van der Waals surface area contributed by atoms with Crippen molar-refractivity contribution in [1.82, 2.24) is 10.6 Å². The summed E-state index contributed by atoms with van der Waals surface area (Å²) in [6, 6.07) is -1.59. The van der Waals surface area contributed by atoms with Gasteiger partial charge >= 0.3 is 18.0 Å². The van der Waals surface area contributed by atoms with Crippen LogP contribution in [0.4, 0.5) is 4.79 Å². The van der Waals surface area contributed by atoms with Crippen LogP contribution in [-0.2, 0) is 14.3 Å². The van der Waals surface area contributed by atoms with E-state index in [2.05, 4.69) is 15.4 Å². The Morgan fingerprint density at radius 3 is 2.50 bits per heavy atom. The number of hydrogen-bond acceptors (Lipinski definition) is 4. The molecule has 1 saturated carbocycles. The second-order valence-electron chi connectivity index (χ2n) is 5.01. The number of esters is 1. The second kappa shape index (κ2) is 8.39. The topological polar surface area (TPSA) is 105 Å². The number of carbonyl (C=O) groups is 3. The van der Waals surface area contributed by atoms with Gasteiger partial charge in [-0.1, -0.05) is 12.8 Å². The number of urea groups is 1. The molecule has 1 aliphatic carbocycles. The molecule has 114 valence electrons. The van der Waals surface area contributed by atoms with Gasteiger partial charge in [-0.15, -0.1) is 0 Å². The standard InChI is InChI=1S/C13H22N2O5/c1-20-11(16)7-6-10(12(17)18)15-13(19)14-8-9-4-2-3-5-9/h9-10H,2-8H2,1H3,(H,17,18)(H2,14,15,19)/t10-/m0/s1. The van der Waals surface area contributed by atoms with Crippen LogP contribution < -0.4 is 10.6 Å². The highest BCUT2D eigenvalue weighted by Gasteiger charge is 2.22. The first kappa shape index (κ1) is 16.3. The van der Waals surface area contributed by atoms with Crippen LogP contribution in [0.2, 0.25) is 0 Å². The summed E-state index contributed by atoms with van der Waals surface area (Å²) in [6.07, 6.45) is 4.54. The van der Waals surface area contributed by atoms with Gasteiger partial charge in [-0.25, -0.2) is 9.59 Å². The van der Waals surface area contributed by atoms with Crippen molar-refractivity contribution in [1.29, 1.82) is 0 Å². The largest absolute Gasteiger partial charge is 0.480 e. The minimum Gasteiger partial charge on any atom is -0.480 e. The van der Waals surface area contributed by atoms with Gasteiger partial charge in [-0.05, 0) is 25.2 Å². The van der Waals surface area contributed by atoms with E-state index in [0.29, 0.717) is 12.5 Å². The number of hydrogen-bond donors (Lipinski definition) is 3.